The zero-order valence-corrected chi connectivity index (χ0v) is 17.7. The maximum absolute atomic E-state index is 12.3. The van der Waals surface area contributed by atoms with Crippen LogP contribution in [-0.2, 0) is 4.79 Å². The van der Waals surface area contributed by atoms with Crippen LogP contribution in [0.25, 0.3) is 17.0 Å². The summed E-state index contributed by atoms with van der Waals surface area (Å²) in [6.07, 6.45) is 6.68. The van der Waals surface area contributed by atoms with Crippen LogP contribution in [0, 0.1) is 6.92 Å². The van der Waals surface area contributed by atoms with Crippen molar-refractivity contribution in [2.45, 2.75) is 6.92 Å². The number of nitrogens with one attached hydrogen (secondary N) is 3. The molecular weight excluding hydrogens is 404 g/mol. The predicted molar refractivity (Wildman–Crippen MR) is 125 cm³/mol. The van der Waals surface area contributed by atoms with E-state index in [1.807, 2.05) is 25.3 Å². The van der Waals surface area contributed by atoms with Crippen LogP contribution in [0.15, 0.2) is 73.1 Å². The highest BCUT2D eigenvalue weighted by molar-refractivity contribution is 6.03. The van der Waals surface area contributed by atoms with E-state index in [-0.39, 0.29) is 17.5 Å². The summed E-state index contributed by atoms with van der Waals surface area (Å²) in [5, 5.41) is 6.42. The molecule has 2 aromatic carbocycles. The summed E-state index contributed by atoms with van der Waals surface area (Å²) in [5.74, 6) is 0.544. The normalized spacial score (nSPS) is 10.9. The van der Waals surface area contributed by atoms with Crippen LogP contribution in [0.1, 0.15) is 21.6 Å². The number of carbonyl (C=O) groups excluding carboxylic acids is 2. The Kier molecular flexibility index (Phi) is 5.98. The quantitative estimate of drug-likeness (QED) is 0.390. The monoisotopic (exact) mass is 426 g/mol. The molecule has 7 nitrogen and oxygen atoms in total. The lowest BCUT2D eigenvalue weighted by molar-refractivity contribution is -0.111. The summed E-state index contributed by atoms with van der Waals surface area (Å²) in [5.41, 5.74) is 4.08. The molecular formula is C25H22N4O3. The van der Waals surface area contributed by atoms with Gasteiger partial charge in [-0.3, -0.25) is 14.6 Å². The first-order valence-electron chi connectivity index (χ1n) is 10.0. The first-order valence-corrected chi connectivity index (χ1v) is 10.0. The molecule has 32 heavy (non-hydrogen) atoms. The van der Waals surface area contributed by atoms with Gasteiger partial charge >= 0.3 is 0 Å². The molecule has 0 unspecified atom stereocenters. The van der Waals surface area contributed by atoms with Gasteiger partial charge in [-0.15, -0.1) is 0 Å². The number of nitrogens with zero attached hydrogens (tertiary/aromatic N) is 1. The van der Waals surface area contributed by atoms with Crippen molar-refractivity contribution in [3.8, 4) is 11.5 Å². The number of amides is 2. The molecule has 2 aromatic heterocycles. The van der Waals surface area contributed by atoms with Crippen molar-refractivity contribution in [1.82, 2.24) is 15.3 Å². The third-order valence-electron chi connectivity index (χ3n) is 4.83. The van der Waals surface area contributed by atoms with E-state index in [2.05, 4.69) is 26.7 Å². The van der Waals surface area contributed by atoms with E-state index >= 15 is 0 Å². The second-order valence-corrected chi connectivity index (χ2v) is 7.20. The Bertz CT molecular complexity index is 1310. The molecule has 0 saturated heterocycles. The van der Waals surface area contributed by atoms with Crippen molar-refractivity contribution in [2.24, 2.45) is 0 Å². The molecule has 0 fully saturated rings. The number of aryl methyl sites for hydroxylation is 1. The van der Waals surface area contributed by atoms with E-state index in [9.17, 15) is 9.59 Å². The van der Waals surface area contributed by atoms with Crippen molar-refractivity contribution < 1.29 is 14.3 Å². The summed E-state index contributed by atoms with van der Waals surface area (Å²) < 4.78 is 5.77. The van der Waals surface area contributed by atoms with Crippen molar-refractivity contribution in [1.29, 1.82) is 0 Å². The van der Waals surface area contributed by atoms with Gasteiger partial charge in [-0.25, -0.2) is 0 Å². The number of aromatic amines is 1. The van der Waals surface area contributed by atoms with Gasteiger partial charge in [-0.2, -0.15) is 0 Å². The van der Waals surface area contributed by atoms with E-state index in [0.29, 0.717) is 17.2 Å². The summed E-state index contributed by atoms with van der Waals surface area (Å²) in [7, 11) is 1.54. The van der Waals surface area contributed by atoms with E-state index < -0.39 is 0 Å². The Morgan fingerprint density at radius 3 is 2.62 bits per heavy atom. The minimum absolute atomic E-state index is 0.232. The fourth-order valence-corrected chi connectivity index (χ4v) is 3.22. The molecule has 2 amide bonds. The van der Waals surface area contributed by atoms with Crippen LogP contribution in [0.2, 0.25) is 0 Å². The Hall–Kier alpha value is -4.39. The minimum Gasteiger partial charge on any atom is -0.457 e. The van der Waals surface area contributed by atoms with Gasteiger partial charge in [-0.05, 0) is 60.5 Å². The van der Waals surface area contributed by atoms with Crippen LogP contribution in [0.4, 0.5) is 5.69 Å². The van der Waals surface area contributed by atoms with Crippen molar-refractivity contribution in [3.05, 3.63) is 89.9 Å². The number of benzene rings is 2. The van der Waals surface area contributed by atoms with Crippen molar-refractivity contribution in [2.75, 3.05) is 12.4 Å². The molecule has 0 bridgehead atoms. The standard InChI is InChI=1S/C25H22N4O3/c1-16-3-9-21-17(15-28-22(21)13-16)4-10-24(30)29-18-5-7-19(8-6-18)32-20-11-12-27-23(14-20)25(31)26-2/h3-15,28H,1-2H3,(H,26,31)(H,29,30)/b10-4+. The summed E-state index contributed by atoms with van der Waals surface area (Å²) in [4.78, 5) is 31.2. The average molecular weight is 426 g/mol. The van der Waals surface area contributed by atoms with Crippen LogP contribution >= 0.6 is 0 Å². The second-order valence-electron chi connectivity index (χ2n) is 7.20. The molecule has 7 heteroatoms. The Balaban J connectivity index is 1.38. The number of rotatable bonds is 6. The number of carbonyl (C=O) groups is 2. The lowest BCUT2D eigenvalue weighted by Gasteiger charge is -2.08. The Labute approximate surface area is 185 Å². The Morgan fingerprint density at radius 2 is 1.84 bits per heavy atom. The van der Waals surface area contributed by atoms with Crippen molar-refractivity contribution in [3.63, 3.8) is 0 Å². The molecule has 2 heterocycles. The predicted octanol–water partition coefficient (Wildman–Crippen LogP) is 4.68. The van der Waals surface area contributed by atoms with E-state index in [0.717, 1.165) is 16.5 Å². The van der Waals surface area contributed by atoms with Gasteiger partial charge in [0.2, 0.25) is 5.91 Å². The van der Waals surface area contributed by atoms with Crippen LogP contribution < -0.4 is 15.4 Å². The smallest absolute Gasteiger partial charge is 0.269 e. The first-order chi connectivity index (χ1) is 15.5. The number of H-pyrrole nitrogens is 1. The SMILES string of the molecule is CNC(=O)c1cc(Oc2ccc(NC(=O)/C=C/c3c[nH]c4cc(C)ccc34)cc2)ccn1. The number of aromatic nitrogens is 2. The lowest BCUT2D eigenvalue weighted by Crippen LogP contribution is -2.18. The number of hydrogen-bond acceptors (Lipinski definition) is 4. The third-order valence-corrected chi connectivity index (χ3v) is 4.83. The zero-order valence-electron chi connectivity index (χ0n) is 17.7. The number of fused-ring (bicyclic) bond motifs is 1. The maximum atomic E-state index is 12.3. The molecule has 3 N–H and O–H groups in total. The van der Waals surface area contributed by atoms with Crippen molar-refractivity contribution >= 4 is 34.5 Å². The Morgan fingerprint density at radius 1 is 1.03 bits per heavy atom. The van der Waals surface area contributed by atoms with E-state index in [4.69, 9.17) is 4.74 Å². The van der Waals surface area contributed by atoms with Crippen LogP contribution in [0.5, 0.6) is 11.5 Å². The lowest BCUT2D eigenvalue weighted by atomic mass is 10.1. The molecule has 0 spiro atoms. The summed E-state index contributed by atoms with van der Waals surface area (Å²) >= 11 is 0. The number of anilines is 1. The molecule has 0 saturated carbocycles. The fraction of sp³-hybridized carbons (Fsp3) is 0.0800. The topological polar surface area (TPSA) is 96.1 Å². The average Bonchev–Trinajstić information content (AvgIpc) is 3.20. The number of hydrogen-bond donors (Lipinski definition) is 3. The van der Waals surface area contributed by atoms with Gasteiger partial charge in [0.05, 0.1) is 0 Å². The molecule has 160 valence electrons. The third kappa shape index (κ3) is 4.84. The highest BCUT2D eigenvalue weighted by Crippen LogP contribution is 2.24. The van der Waals surface area contributed by atoms with Gasteiger partial charge in [0.25, 0.3) is 5.91 Å². The van der Waals surface area contributed by atoms with Gasteiger partial charge in [0.1, 0.15) is 17.2 Å². The van der Waals surface area contributed by atoms with Crippen LogP contribution in [-0.4, -0.2) is 28.8 Å². The number of pyridine rings is 1. The van der Waals surface area contributed by atoms with Crippen LogP contribution in [0.3, 0.4) is 0 Å². The van der Waals surface area contributed by atoms with Gasteiger partial charge < -0.3 is 20.4 Å². The summed E-state index contributed by atoms with van der Waals surface area (Å²) in [6, 6.07) is 16.3. The molecule has 0 aliphatic heterocycles. The summed E-state index contributed by atoms with van der Waals surface area (Å²) in [6.45, 7) is 2.04. The van der Waals surface area contributed by atoms with E-state index in [1.54, 1.807) is 49.5 Å². The molecule has 4 rings (SSSR count). The highest BCUT2D eigenvalue weighted by atomic mass is 16.5. The molecule has 0 radical (unpaired) electrons. The molecule has 0 aliphatic rings. The van der Waals surface area contributed by atoms with Gasteiger partial charge in [0, 0.05) is 48.2 Å². The molecule has 0 atom stereocenters. The second kappa shape index (κ2) is 9.18. The zero-order chi connectivity index (χ0) is 22.5. The highest BCUT2D eigenvalue weighted by Gasteiger charge is 2.07. The number of ether oxygens (including phenoxy) is 1. The largest absolute Gasteiger partial charge is 0.457 e. The van der Waals surface area contributed by atoms with E-state index in [1.165, 1.54) is 17.8 Å². The molecule has 0 aliphatic carbocycles. The molecule has 4 aromatic rings. The minimum atomic E-state index is -0.288. The maximum Gasteiger partial charge on any atom is 0.269 e. The fourth-order valence-electron chi connectivity index (χ4n) is 3.22. The van der Waals surface area contributed by atoms with Gasteiger partial charge in [-0.1, -0.05) is 12.1 Å². The van der Waals surface area contributed by atoms with Gasteiger partial charge in [0.15, 0.2) is 0 Å². The first kappa shape index (κ1) is 20.9.